The van der Waals surface area contributed by atoms with Crippen LogP contribution in [0.15, 0.2) is 24.3 Å². The van der Waals surface area contributed by atoms with Crippen LogP contribution in [0.2, 0.25) is 0 Å². The number of anilines is 1. The molecular weight excluding hydrogens is 194 g/mol. The summed E-state index contributed by atoms with van der Waals surface area (Å²) in [6, 6.07) is 6.91. The van der Waals surface area contributed by atoms with E-state index in [1.54, 1.807) is 23.1 Å². The number of hydrogen-bond donors (Lipinski definition) is 1. The first kappa shape index (κ1) is 9.45. The summed E-state index contributed by atoms with van der Waals surface area (Å²) >= 11 is 0. The molecule has 78 valence electrons. The predicted molar refractivity (Wildman–Crippen MR) is 55.1 cm³/mol. The van der Waals surface area contributed by atoms with Crippen LogP contribution in [0.3, 0.4) is 0 Å². The molecule has 0 fully saturated rings. The molecule has 0 aliphatic rings. The number of phenolic OH excluding ortho intramolecular Hbond substituents is 1. The molecular formula is C9H11N5O. The van der Waals surface area contributed by atoms with Gasteiger partial charge in [-0.25, -0.2) is 0 Å². The number of aromatic hydroxyl groups is 1. The summed E-state index contributed by atoms with van der Waals surface area (Å²) in [7, 11) is 3.67. The SMILES string of the molecule is CN(C)c1nnnn1-c1ccccc1O. The molecule has 0 aliphatic heterocycles. The van der Waals surface area contributed by atoms with Gasteiger partial charge in [0, 0.05) is 14.1 Å². The van der Waals surface area contributed by atoms with Crippen molar-refractivity contribution in [3.05, 3.63) is 24.3 Å². The van der Waals surface area contributed by atoms with Crippen molar-refractivity contribution < 1.29 is 5.11 Å². The van der Waals surface area contributed by atoms with Crippen LogP contribution in [0.25, 0.3) is 5.69 Å². The minimum atomic E-state index is 0.146. The summed E-state index contributed by atoms with van der Waals surface area (Å²) in [5, 5.41) is 20.9. The molecule has 2 aromatic rings. The number of hydrogen-bond acceptors (Lipinski definition) is 5. The summed E-state index contributed by atoms with van der Waals surface area (Å²) in [6.07, 6.45) is 0. The van der Waals surface area contributed by atoms with Gasteiger partial charge in [0.2, 0.25) is 5.95 Å². The van der Waals surface area contributed by atoms with Crippen molar-refractivity contribution in [3.63, 3.8) is 0 Å². The second-order valence-corrected chi connectivity index (χ2v) is 3.27. The molecule has 2 rings (SSSR count). The predicted octanol–water partition coefficient (Wildman–Crippen LogP) is 0.434. The highest BCUT2D eigenvalue weighted by Gasteiger charge is 2.12. The molecule has 15 heavy (non-hydrogen) atoms. The maximum atomic E-state index is 9.65. The Labute approximate surface area is 86.8 Å². The molecule has 0 amide bonds. The molecule has 6 nitrogen and oxygen atoms in total. The summed E-state index contributed by atoms with van der Waals surface area (Å²) < 4.78 is 1.48. The highest BCUT2D eigenvalue weighted by Crippen LogP contribution is 2.22. The first-order valence-corrected chi connectivity index (χ1v) is 4.44. The van der Waals surface area contributed by atoms with Gasteiger partial charge in [-0.15, -0.1) is 0 Å². The van der Waals surface area contributed by atoms with Gasteiger partial charge in [-0.2, -0.15) is 4.68 Å². The molecule has 0 unspecified atom stereocenters. The van der Waals surface area contributed by atoms with E-state index in [0.29, 0.717) is 11.6 Å². The second kappa shape index (κ2) is 3.56. The van der Waals surface area contributed by atoms with Crippen LogP contribution in [0.4, 0.5) is 5.95 Å². The number of aromatic nitrogens is 4. The molecule has 0 saturated heterocycles. The van der Waals surface area contributed by atoms with Gasteiger partial charge in [-0.1, -0.05) is 17.2 Å². The van der Waals surface area contributed by atoms with E-state index in [4.69, 9.17) is 0 Å². The lowest BCUT2D eigenvalue weighted by Crippen LogP contribution is -2.15. The molecule has 0 spiro atoms. The van der Waals surface area contributed by atoms with Gasteiger partial charge in [0.05, 0.1) is 0 Å². The average molecular weight is 205 g/mol. The van der Waals surface area contributed by atoms with E-state index in [1.807, 2.05) is 20.2 Å². The van der Waals surface area contributed by atoms with Crippen LogP contribution in [0.1, 0.15) is 0 Å². The van der Waals surface area contributed by atoms with Crippen molar-refractivity contribution in [1.29, 1.82) is 0 Å². The van der Waals surface area contributed by atoms with Gasteiger partial charge in [0.15, 0.2) is 0 Å². The molecule has 6 heteroatoms. The third kappa shape index (κ3) is 1.61. The van der Waals surface area contributed by atoms with Crippen molar-refractivity contribution >= 4 is 5.95 Å². The van der Waals surface area contributed by atoms with Crippen molar-refractivity contribution in [2.75, 3.05) is 19.0 Å². The zero-order valence-corrected chi connectivity index (χ0v) is 8.49. The van der Waals surface area contributed by atoms with E-state index >= 15 is 0 Å². The van der Waals surface area contributed by atoms with Gasteiger partial charge in [0.25, 0.3) is 0 Å². The molecule has 0 atom stereocenters. The molecule has 1 N–H and O–H groups in total. The third-order valence-corrected chi connectivity index (χ3v) is 1.96. The van der Waals surface area contributed by atoms with Gasteiger partial charge in [-0.3, -0.25) is 0 Å². The van der Waals surface area contributed by atoms with Gasteiger partial charge in [0.1, 0.15) is 11.4 Å². The minimum Gasteiger partial charge on any atom is -0.506 e. The summed E-state index contributed by atoms with van der Waals surface area (Å²) in [5.74, 6) is 0.712. The number of benzene rings is 1. The Balaban J connectivity index is 2.55. The van der Waals surface area contributed by atoms with Crippen LogP contribution in [-0.4, -0.2) is 39.4 Å². The van der Waals surface area contributed by atoms with Gasteiger partial charge in [-0.05, 0) is 22.6 Å². The summed E-state index contributed by atoms with van der Waals surface area (Å²) in [5.41, 5.74) is 0.561. The molecule has 1 heterocycles. The summed E-state index contributed by atoms with van der Waals surface area (Å²) in [4.78, 5) is 1.77. The minimum absolute atomic E-state index is 0.146. The van der Waals surface area contributed by atoms with E-state index in [0.717, 1.165) is 0 Å². The standard InChI is InChI=1S/C9H11N5O/c1-13(2)9-10-11-12-14(9)7-5-3-4-6-8(7)15/h3-6,15H,1-2H3. The largest absolute Gasteiger partial charge is 0.506 e. The van der Waals surface area contributed by atoms with E-state index in [-0.39, 0.29) is 5.75 Å². The molecule has 0 aliphatic carbocycles. The lowest BCUT2D eigenvalue weighted by molar-refractivity contribution is 0.470. The van der Waals surface area contributed by atoms with Crippen molar-refractivity contribution in [3.8, 4) is 11.4 Å². The van der Waals surface area contributed by atoms with E-state index in [1.165, 1.54) is 4.68 Å². The smallest absolute Gasteiger partial charge is 0.249 e. The van der Waals surface area contributed by atoms with Crippen molar-refractivity contribution in [1.82, 2.24) is 20.2 Å². The fourth-order valence-corrected chi connectivity index (χ4v) is 1.26. The zero-order valence-electron chi connectivity index (χ0n) is 8.49. The number of phenols is 1. The fraction of sp³-hybridized carbons (Fsp3) is 0.222. The van der Waals surface area contributed by atoms with E-state index < -0.39 is 0 Å². The molecule has 0 bridgehead atoms. The summed E-state index contributed by atoms with van der Waals surface area (Å²) in [6.45, 7) is 0. The van der Waals surface area contributed by atoms with Gasteiger partial charge < -0.3 is 10.0 Å². The van der Waals surface area contributed by atoms with Crippen molar-refractivity contribution in [2.45, 2.75) is 0 Å². The Bertz CT molecular complexity index is 465. The van der Waals surface area contributed by atoms with E-state index in [2.05, 4.69) is 15.5 Å². The number of nitrogens with zero attached hydrogens (tertiary/aromatic N) is 5. The van der Waals surface area contributed by atoms with Crippen LogP contribution in [0, 0.1) is 0 Å². The Morgan fingerprint density at radius 3 is 2.67 bits per heavy atom. The van der Waals surface area contributed by atoms with Gasteiger partial charge >= 0.3 is 0 Å². The fourth-order valence-electron chi connectivity index (χ4n) is 1.26. The monoisotopic (exact) mass is 205 g/mol. The molecule has 0 radical (unpaired) electrons. The first-order chi connectivity index (χ1) is 7.20. The molecule has 0 saturated carbocycles. The normalized spacial score (nSPS) is 10.3. The number of para-hydroxylation sites is 2. The Hall–Kier alpha value is -2.11. The molecule has 1 aromatic carbocycles. The maximum Gasteiger partial charge on any atom is 0.249 e. The quantitative estimate of drug-likeness (QED) is 0.770. The lowest BCUT2D eigenvalue weighted by atomic mass is 10.3. The first-order valence-electron chi connectivity index (χ1n) is 4.44. The van der Waals surface area contributed by atoms with Crippen LogP contribution in [-0.2, 0) is 0 Å². The zero-order chi connectivity index (χ0) is 10.8. The number of tetrazole rings is 1. The second-order valence-electron chi connectivity index (χ2n) is 3.27. The lowest BCUT2D eigenvalue weighted by Gasteiger charge is -2.11. The highest BCUT2D eigenvalue weighted by atomic mass is 16.3. The Morgan fingerprint density at radius 2 is 2.00 bits per heavy atom. The average Bonchev–Trinajstić information content (AvgIpc) is 2.67. The van der Waals surface area contributed by atoms with Crippen molar-refractivity contribution in [2.24, 2.45) is 0 Å². The Morgan fingerprint density at radius 1 is 1.27 bits per heavy atom. The maximum absolute atomic E-state index is 9.65. The number of rotatable bonds is 2. The topological polar surface area (TPSA) is 67.1 Å². The third-order valence-electron chi connectivity index (χ3n) is 1.96. The van der Waals surface area contributed by atoms with Crippen LogP contribution >= 0.6 is 0 Å². The molecule has 1 aromatic heterocycles. The van der Waals surface area contributed by atoms with Crippen LogP contribution < -0.4 is 4.90 Å². The van der Waals surface area contributed by atoms with Crippen LogP contribution in [0.5, 0.6) is 5.75 Å². The van der Waals surface area contributed by atoms with E-state index in [9.17, 15) is 5.11 Å². The Kier molecular flexibility index (Phi) is 2.24. The highest BCUT2D eigenvalue weighted by molar-refractivity contribution is 5.48.